The Labute approximate surface area is 181 Å². The van der Waals surface area contributed by atoms with E-state index in [9.17, 15) is 10.1 Å². The minimum atomic E-state index is -0.396. The number of nitrogens with two attached hydrogens (primary N) is 1. The first-order valence-electron chi connectivity index (χ1n) is 10.8. The Morgan fingerprint density at radius 1 is 1.10 bits per heavy atom. The molecule has 0 saturated heterocycles. The number of fused-ring (bicyclic) bond motifs is 1. The van der Waals surface area contributed by atoms with E-state index < -0.39 is 4.92 Å². The van der Waals surface area contributed by atoms with Crippen LogP contribution in [0.1, 0.15) is 37.1 Å². The molecule has 7 nitrogen and oxygen atoms in total. The first kappa shape index (κ1) is 20.9. The second kappa shape index (κ2) is 9.66. The maximum Gasteiger partial charge on any atom is 0.270 e. The summed E-state index contributed by atoms with van der Waals surface area (Å²) < 4.78 is 0. The van der Waals surface area contributed by atoms with Gasteiger partial charge >= 0.3 is 0 Å². The second-order valence-electron chi connectivity index (χ2n) is 8.15. The molecule has 2 atom stereocenters. The van der Waals surface area contributed by atoms with E-state index in [1.807, 2.05) is 30.3 Å². The van der Waals surface area contributed by atoms with Gasteiger partial charge in [0.2, 0.25) is 0 Å². The zero-order valence-electron chi connectivity index (χ0n) is 17.4. The molecule has 1 aliphatic rings. The van der Waals surface area contributed by atoms with Crippen molar-refractivity contribution < 1.29 is 4.92 Å². The number of hydrogen-bond donors (Lipinski definition) is 2. The lowest BCUT2D eigenvalue weighted by molar-refractivity contribution is -0.384. The third-order valence-corrected chi connectivity index (χ3v) is 5.91. The van der Waals surface area contributed by atoms with Gasteiger partial charge in [-0.3, -0.25) is 10.1 Å². The second-order valence-corrected chi connectivity index (χ2v) is 8.15. The van der Waals surface area contributed by atoms with Gasteiger partial charge in [0.25, 0.3) is 5.69 Å². The molecule has 0 bridgehead atoms. The molecule has 3 N–H and O–H groups in total. The molecule has 0 aliphatic heterocycles. The van der Waals surface area contributed by atoms with E-state index in [1.54, 1.807) is 18.2 Å². The molecule has 2 aromatic carbocycles. The van der Waals surface area contributed by atoms with Crippen molar-refractivity contribution in [1.29, 1.82) is 0 Å². The number of benzene rings is 2. The van der Waals surface area contributed by atoms with E-state index in [-0.39, 0.29) is 5.69 Å². The van der Waals surface area contributed by atoms with Crippen molar-refractivity contribution in [2.45, 2.75) is 25.7 Å². The average molecular weight is 418 g/mol. The van der Waals surface area contributed by atoms with E-state index in [2.05, 4.69) is 10.3 Å². The number of nitro benzene ring substituents is 1. The predicted molar refractivity (Wildman–Crippen MR) is 125 cm³/mol. The van der Waals surface area contributed by atoms with Crippen LogP contribution in [0.25, 0.3) is 23.1 Å². The van der Waals surface area contributed by atoms with Crippen molar-refractivity contribution in [2.75, 3.05) is 18.4 Å². The van der Waals surface area contributed by atoms with E-state index >= 15 is 0 Å². The Hall–Kier alpha value is -3.32. The average Bonchev–Trinajstić information content (AvgIpc) is 2.81. The molecule has 1 heterocycles. The highest BCUT2D eigenvalue weighted by Crippen LogP contribution is 2.29. The molecule has 1 saturated carbocycles. The normalized spacial score (nSPS) is 19.0. The summed E-state index contributed by atoms with van der Waals surface area (Å²) in [7, 11) is 0. The number of nitrogens with zero attached hydrogens (tertiary/aromatic N) is 3. The molecule has 7 heteroatoms. The van der Waals surface area contributed by atoms with Crippen LogP contribution in [-0.4, -0.2) is 28.0 Å². The number of hydrogen-bond acceptors (Lipinski definition) is 6. The van der Waals surface area contributed by atoms with Crippen LogP contribution in [-0.2, 0) is 0 Å². The number of rotatable bonds is 7. The van der Waals surface area contributed by atoms with Gasteiger partial charge in [-0.1, -0.05) is 36.8 Å². The van der Waals surface area contributed by atoms with Gasteiger partial charge in [0.1, 0.15) is 5.82 Å². The quantitative estimate of drug-likeness (QED) is 0.419. The highest BCUT2D eigenvalue weighted by atomic mass is 16.6. The zero-order valence-corrected chi connectivity index (χ0v) is 17.4. The highest BCUT2D eigenvalue weighted by molar-refractivity contribution is 5.90. The number of para-hydroxylation sites is 1. The molecule has 1 aromatic heterocycles. The van der Waals surface area contributed by atoms with E-state index in [1.165, 1.54) is 31.4 Å². The van der Waals surface area contributed by atoms with Gasteiger partial charge in [-0.25, -0.2) is 9.97 Å². The Morgan fingerprint density at radius 2 is 1.94 bits per heavy atom. The Morgan fingerprint density at radius 3 is 2.77 bits per heavy atom. The van der Waals surface area contributed by atoms with Crippen LogP contribution in [0.3, 0.4) is 0 Å². The fraction of sp³-hybridized carbons (Fsp3) is 0.333. The Bertz CT molecular complexity index is 1100. The topological polar surface area (TPSA) is 107 Å². The molecule has 31 heavy (non-hydrogen) atoms. The van der Waals surface area contributed by atoms with Crippen molar-refractivity contribution in [3.05, 3.63) is 70.0 Å². The number of nitro groups is 1. The summed E-state index contributed by atoms with van der Waals surface area (Å²) in [4.78, 5) is 20.0. The number of aromatic nitrogens is 2. The van der Waals surface area contributed by atoms with Crippen LogP contribution >= 0.6 is 0 Å². The number of nitrogens with one attached hydrogen (secondary N) is 1. The Balaban J connectivity index is 1.56. The summed E-state index contributed by atoms with van der Waals surface area (Å²) >= 11 is 0. The standard InChI is InChI=1S/C24H27N5O2/c25-15-18-6-3-7-19(13-18)16-26-24-21-9-1-2-10-22(21)27-23(28-24)12-11-17-5-4-8-20(14-17)29(30)31/h1-2,4-5,8-12,14,18-19H,3,6-7,13,15-16,25H2,(H,26,27,28). The summed E-state index contributed by atoms with van der Waals surface area (Å²) in [5.41, 5.74) is 7.55. The largest absolute Gasteiger partial charge is 0.369 e. The van der Waals surface area contributed by atoms with Crippen molar-refractivity contribution >= 4 is 34.6 Å². The molecule has 1 fully saturated rings. The monoisotopic (exact) mass is 417 g/mol. The van der Waals surface area contributed by atoms with Gasteiger partial charge in [0.05, 0.1) is 10.4 Å². The fourth-order valence-electron chi connectivity index (χ4n) is 4.26. The first-order valence-corrected chi connectivity index (χ1v) is 10.8. The van der Waals surface area contributed by atoms with E-state index in [4.69, 9.17) is 10.7 Å². The zero-order chi connectivity index (χ0) is 21.6. The molecule has 2 unspecified atom stereocenters. The SMILES string of the molecule is NCC1CCCC(CNc2nc(C=Cc3cccc([N+](=O)[O-])c3)nc3ccccc23)C1. The molecule has 4 rings (SSSR count). The Kier molecular flexibility index (Phi) is 6.52. The summed E-state index contributed by atoms with van der Waals surface area (Å²) in [6, 6.07) is 14.4. The summed E-state index contributed by atoms with van der Waals surface area (Å²) in [6.07, 6.45) is 8.43. The van der Waals surface area contributed by atoms with Gasteiger partial charge in [0.15, 0.2) is 5.82 Å². The molecule has 0 amide bonds. The van der Waals surface area contributed by atoms with Crippen LogP contribution in [0.2, 0.25) is 0 Å². The fourth-order valence-corrected chi connectivity index (χ4v) is 4.26. The van der Waals surface area contributed by atoms with E-state index in [0.717, 1.165) is 41.8 Å². The van der Waals surface area contributed by atoms with Crippen LogP contribution in [0.5, 0.6) is 0 Å². The lowest BCUT2D eigenvalue weighted by Gasteiger charge is -2.28. The maximum absolute atomic E-state index is 11.0. The summed E-state index contributed by atoms with van der Waals surface area (Å²) in [5, 5.41) is 15.5. The third kappa shape index (κ3) is 5.24. The minimum Gasteiger partial charge on any atom is -0.369 e. The van der Waals surface area contributed by atoms with Gasteiger partial charge in [0, 0.05) is 24.1 Å². The smallest absolute Gasteiger partial charge is 0.270 e. The minimum absolute atomic E-state index is 0.0622. The summed E-state index contributed by atoms with van der Waals surface area (Å²) in [5.74, 6) is 2.60. The number of non-ortho nitro benzene ring substituents is 1. The van der Waals surface area contributed by atoms with Crippen LogP contribution in [0.4, 0.5) is 11.5 Å². The van der Waals surface area contributed by atoms with Crippen molar-refractivity contribution in [3.8, 4) is 0 Å². The third-order valence-electron chi connectivity index (χ3n) is 5.91. The van der Waals surface area contributed by atoms with Gasteiger partial charge < -0.3 is 11.1 Å². The van der Waals surface area contributed by atoms with E-state index in [0.29, 0.717) is 17.7 Å². The first-order chi connectivity index (χ1) is 15.1. The van der Waals surface area contributed by atoms with Crippen LogP contribution < -0.4 is 11.1 Å². The van der Waals surface area contributed by atoms with Crippen molar-refractivity contribution in [3.63, 3.8) is 0 Å². The lowest BCUT2D eigenvalue weighted by atomic mass is 9.81. The molecule has 0 radical (unpaired) electrons. The molecule has 1 aliphatic carbocycles. The van der Waals surface area contributed by atoms with Crippen molar-refractivity contribution in [1.82, 2.24) is 9.97 Å². The molecule has 160 valence electrons. The predicted octanol–water partition coefficient (Wildman–Crippen LogP) is 4.89. The maximum atomic E-state index is 11.0. The molecular weight excluding hydrogens is 390 g/mol. The number of anilines is 1. The van der Waals surface area contributed by atoms with Crippen LogP contribution in [0.15, 0.2) is 48.5 Å². The van der Waals surface area contributed by atoms with Gasteiger partial charge in [-0.15, -0.1) is 0 Å². The summed E-state index contributed by atoms with van der Waals surface area (Å²) in [6.45, 7) is 1.63. The van der Waals surface area contributed by atoms with Gasteiger partial charge in [-0.2, -0.15) is 0 Å². The molecular formula is C24H27N5O2. The lowest BCUT2D eigenvalue weighted by Crippen LogP contribution is -2.26. The van der Waals surface area contributed by atoms with Crippen molar-refractivity contribution in [2.24, 2.45) is 17.6 Å². The molecule has 3 aromatic rings. The van der Waals surface area contributed by atoms with Crippen LogP contribution in [0, 0.1) is 22.0 Å². The van der Waals surface area contributed by atoms with Gasteiger partial charge in [-0.05, 0) is 61.4 Å². The molecule has 0 spiro atoms. The highest BCUT2D eigenvalue weighted by Gasteiger charge is 2.21.